The van der Waals surface area contributed by atoms with Crippen molar-refractivity contribution < 1.29 is 19.5 Å². The average Bonchev–Trinajstić information content (AvgIpc) is 2.92. The predicted molar refractivity (Wildman–Crippen MR) is 84.3 cm³/mol. The molecule has 0 spiro atoms. The van der Waals surface area contributed by atoms with Crippen LogP contribution in [0.5, 0.6) is 0 Å². The lowest BCUT2D eigenvalue weighted by molar-refractivity contribution is -0.738. The maximum Gasteiger partial charge on any atom is 0.380 e. The number of urea groups is 1. The van der Waals surface area contributed by atoms with Crippen LogP contribution in [0, 0.1) is 0 Å². The van der Waals surface area contributed by atoms with Gasteiger partial charge in [0.1, 0.15) is 6.20 Å². The molecule has 1 atom stereocenters. The van der Waals surface area contributed by atoms with Crippen LogP contribution < -0.4 is 20.9 Å². The lowest BCUT2D eigenvalue weighted by Crippen LogP contribution is -2.61. The second-order valence-corrected chi connectivity index (χ2v) is 6.26. The van der Waals surface area contributed by atoms with Gasteiger partial charge in [0, 0.05) is 35.1 Å². The fourth-order valence-electron chi connectivity index (χ4n) is 2.95. The molecule has 2 saturated heterocycles. The minimum atomic E-state index is -0.484. The summed E-state index contributed by atoms with van der Waals surface area (Å²) < 4.78 is 0. The highest BCUT2D eigenvalue weighted by molar-refractivity contribution is 6.07. The zero-order valence-electron chi connectivity index (χ0n) is 13.5. The zero-order chi connectivity index (χ0) is 17.1. The van der Waals surface area contributed by atoms with Gasteiger partial charge in [-0.15, -0.1) is 0 Å². The highest BCUT2D eigenvalue weighted by Gasteiger charge is 2.35. The van der Waals surface area contributed by atoms with Crippen LogP contribution in [-0.4, -0.2) is 59.3 Å². The van der Waals surface area contributed by atoms with Gasteiger partial charge in [0.2, 0.25) is 6.20 Å². The molecule has 9 heteroatoms. The Kier molecular flexibility index (Phi) is 5.03. The molecule has 130 valence electrons. The summed E-state index contributed by atoms with van der Waals surface area (Å²) in [5, 5.41) is 17.1. The number of piperidine rings is 1. The van der Waals surface area contributed by atoms with Crippen molar-refractivity contribution in [3.8, 4) is 0 Å². The highest BCUT2D eigenvalue weighted by atomic mass is 16.3. The second-order valence-electron chi connectivity index (χ2n) is 6.26. The molecule has 1 aromatic rings. The highest BCUT2D eigenvalue weighted by Crippen LogP contribution is 2.15. The number of hydrogen-bond acceptors (Lipinski definition) is 6. The molecule has 3 rings (SSSR count). The first kappa shape index (κ1) is 16.7. The van der Waals surface area contributed by atoms with Gasteiger partial charge in [-0.2, -0.15) is 0 Å². The van der Waals surface area contributed by atoms with Crippen molar-refractivity contribution in [1.82, 2.24) is 15.3 Å². The normalized spacial score (nSPS) is 21.2. The number of nitrogens with two attached hydrogens (primary N) is 1. The van der Waals surface area contributed by atoms with Gasteiger partial charge in [-0.3, -0.25) is 10.1 Å². The van der Waals surface area contributed by atoms with E-state index >= 15 is 0 Å². The topological polar surface area (TPSA) is 116 Å². The molecule has 0 aromatic carbocycles. The summed E-state index contributed by atoms with van der Waals surface area (Å²) in [7, 11) is 0. The summed E-state index contributed by atoms with van der Waals surface area (Å²) in [5.41, 5.74) is 7.10. The van der Waals surface area contributed by atoms with E-state index in [9.17, 15) is 14.7 Å². The molecule has 24 heavy (non-hydrogen) atoms. The Morgan fingerprint density at radius 2 is 2.17 bits per heavy atom. The number of nitrogens with one attached hydrogen (secondary N) is 1. The van der Waals surface area contributed by atoms with Crippen LogP contribution in [-0.2, 0) is 4.79 Å². The Hall–Kier alpha value is -2.10. The summed E-state index contributed by atoms with van der Waals surface area (Å²) in [5.74, 6) is -0.346. The van der Waals surface area contributed by atoms with E-state index in [1.165, 1.54) is 9.80 Å². The fraction of sp³-hybridized carbons (Fsp3) is 0.600. The Balaban J connectivity index is 1.53. The largest absolute Gasteiger partial charge is 0.393 e. The molecule has 2 aliphatic heterocycles. The Labute approximate surface area is 140 Å². The van der Waals surface area contributed by atoms with Gasteiger partial charge in [0.05, 0.1) is 6.10 Å². The van der Waals surface area contributed by atoms with Gasteiger partial charge in [-0.05, 0) is 31.4 Å². The van der Waals surface area contributed by atoms with Gasteiger partial charge in [0.15, 0.2) is 6.54 Å². The maximum atomic E-state index is 11.6. The van der Waals surface area contributed by atoms with Crippen LogP contribution in [0.1, 0.15) is 30.9 Å². The molecule has 0 bridgehead atoms. The first-order chi connectivity index (χ1) is 11.5. The SMILES string of the molecule is N[C@H](CCN1CCC(O)CC1)c1cc[n+](N2CC(=O)NC2=O)nc1. The van der Waals surface area contributed by atoms with E-state index in [0.29, 0.717) is 0 Å². The number of nitrogens with zero attached hydrogens (tertiary/aromatic N) is 4. The molecule has 2 fully saturated rings. The molecular formula is C15H23N6O3+. The maximum absolute atomic E-state index is 11.6. The number of aromatic nitrogens is 2. The van der Waals surface area contributed by atoms with E-state index in [2.05, 4.69) is 15.3 Å². The Morgan fingerprint density at radius 1 is 1.42 bits per heavy atom. The molecular weight excluding hydrogens is 312 g/mol. The van der Waals surface area contributed by atoms with Gasteiger partial charge in [-0.25, -0.2) is 4.79 Å². The van der Waals surface area contributed by atoms with Crippen LogP contribution in [0.2, 0.25) is 0 Å². The molecule has 9 nitrogen and oxygen atoms in total. The van der Waals surface area contributed by atoms with E-state index in [1.54, 1.807) is 12.4 Å². The van der Waals surface area contributed by atoms with Crippen molar-refractivity contribution in [2.45, 2.75) is 31.4 Å². The summed E-state index contributed by atoms with van der Waals surface area (Å²) >= 11 is 0. The first-order valence-corrected chi connectivity index (χ1v) is 8.18. The molecule has 3 heterocycles. The van der Waals surface area contributed by atoms with E-state index in [1.807, 2.05) is 6.07 Å². The zero-order valence-corrected chi connectivity index (χ0v) is 13.5. The minimum absolute atomic E-state index is 0.0390. The fourth-order valence-corrected chi connectivity index (χ4v) is 2.95. The summed E-state index contributed by atoms with van der Waals surface area (Å²) in [6.45, 7) is 2.65. The van der Waals surface area contributed by atoms with E-state index in [-0.39, 0.29) is 24.6 Å². The van der Waals surface area contributed by atoms with Crippen LogP contribution in [0.15, 0.2) is 18.5 Å². The third-order valence-corrected chi connectivity index (χ3v) is 4.49. The minimum Gasteiger partial charge on any atom is -0.393 e. The molecule has 0 radical (unpaired) electrons. The number of carbonyl (C=O) groups is 2. The Morgan fingerprint density at radius 3 is 2.75 bits per heavy atom. The predicted octanol–water partition coefficient (Wildman–Crippen LogP) is -1.60. The van der Waals surface area contributed by atoms with Crippen molar-refractivity contribution in [3.05, 3.63) is 24.0 Å². The number of imide groups is 1. The van der Waals surface area contributed by atoms with Crippen molar-refractivity contribution in [2.24, 2.45) is 5.73 Å². The van der Waals surface area contributed by atoms with Crippen molar-refractivity contribution in [2.75, 3.05) is 31.2 Å². The van der Waals surface area contributed by atoms with Gasteiger partial charge < -0.3 is 15.7 Å². The smallest absolute Gasteiger partial charge is 0.380 e. The number of likely N-dealkylation sites (tertiary alicyclic amines) is 1. The lowest BCUT2D eigenvalue weighted by Gasteiger charge is -2.30. The van der Waals surface area contributed by atoms with E-state index in [4.69, 9.17) is 5.73 Å². The van der Waals surface area contributed by atoms with Gasteiger partial charge >= 0.3 is 6.03 Å². The van der Waals surface area contributed by atoms with Crippen LogP contribution in [0.4, 0.5) is 4.79 Å². The van der Waals surface area contributed by atoms with Gasteiger partial charge in [0.25, 0.3) is 5.91 Å². The quantitative estimate of drug-likeness (QED) is 0.441. The average molecular weight is 335 g/mol. The van der Waals surface area contributed by atoms with E-state index < -0.39 is 6.03 Å². The molecule has 1 aromatic heterocycles. The Bertz CT molecular complexity index is 600. The standard InChI is InChI=1S/C15H22N6O3/c16-13(4-7-19-5-2-12(22)3-6-19)11-1-8-21(17-9-11)20-10-14(23)18-15(20)24/h1,8-9,12-13,22H,2-7,10,16H2/p+1/t13-/m1/s1. The third kappa shape index (κ3) is 3.86. The number of rotatable bonds is 5. The summed E-state index contributed by atoms with van der Waals surface area (Å²) in [4.78, 5) is 26.4. The van der Waals surface area contributed by atoms with E-state index in [0.717, 1.165) is 44.5 Å². The monoisotopic (exact) mass is 335 g/mol. The second kappa shape index (κ2) is 7.20. The third-order valence-electron chi connectivity index (χ3n) is 4.49. The number of carbonyl (C=O) groups excluding carboxylic acids is 2. The first-order valence-electron chi connectivity index (χ1n) is 8.18. The molecule has 3 amide bonds. The van der Waals surface area contributed by atoms with Crippen LogP contribution in [0.3, 0.4) is 0 Å². The lowest BCUT2D eigenvalue weighted by atomic mass is 10.0. The van der Waals surface area contributed by atoms with Gasteiger partial charge in [-0.1, -0.05) is 5.01 Å². The van der Waals surface area contributed by atoms with Crippen LogP contribution >= 0.6 is 0 Å². The number of aliphatic hydroxyl groups excluding tert-OH is 1. The molecule has 0 saturated carbocycles. The number of aliphatic hydroxyl groups is 1. The van der Waals surface area contributed by atoms with Crippen molar-refractivity contribution >= 4 is 11.9 Å². The van der Waals surface area contributed by atoms with Crippen molar-refractivity contribution in [3.63, 3.8) is 0 Å². The molecule has 0 unspecified atom stereocenters. The number of hydrogen-bond donors (Lipinski definition) is 3. The van der Waals surface area contributed by atoms with Crippen LogP contribution in [0.25, 0.3) is 0 Å². The molecule has 2 aliphatic rings. The summed E-state index contributed by atoms with van der Waals surface area (Å²) in [6.07, 6.45) is 5.52. The molecule has 4 N–H and O–H groups in total. The molecule has 0 aliphatic carbocycles. The number of amides is 3. The summed E-state index contributed by atoms with van der Waals surface area (Å²) in [6, 6.07) is 1.18. The van der Waals surface area contributed by atoms with Crippen molar-refractivity contribution in [1.29, 1.82) is 0 Å².